The maximum atomic E-state index is 12.7. The molecule has 4 rings (SSSR count). The number of fused-ring (bicyclic) bond motifs is 1. The number of halogens is 3. The van der Waals surface area contributed by atoms with Crippen LogP contribution in [0.4, 0.5) is 13.2 Å². The first kappa shape index (κ1) is 19.4. The zero-order chi connectivity index (χ0) is 21.5. The van der Waals surface area contributed by atoms with Crippen LogP contribution in [0.25, 0.3) is 16.9 Å². The number of alkyl halides is 3. The molecule has 1 aliphatic rings. The highest BCUT2D eigenvalue weighted by atomic mass is 19.4. The first-order chi connectivity index (χ1) is 14.2. The molecule has 2 aromatic heterocycles. The highest BCUT2D eigenvalue weighted by Crippen LogP contribution is 2.36. The molecule has 30 heavy (non-hydrogen) atoms. The summed E-state index contributed by atoms with van der Waals surface area (Å²) in [6.45, 7) is 0. The molecule has 0 spiro atoms. The standard InChI is InChI=1S/C19H13F3N4O4/c20-19(21,22)30-15-4-2-1-3-12(15)10-5-6-14-13(7-10)16(27)25-18(24-14)26-9-11(8-23-26)17(28)29/h1-2,4-9,12H,3H2,(H,28,29)(H,24,25,27). The molecule has 154 valence electrons. The van der Waals surface area contributed by atoms with Gasteiger partial charge in [-0.25, -0.2) is 14.5 Å². The van der Waals surface area contributed by atoms with Gasteiger partial charge >= 0.3 is 12.3 Å². The van der Waals surface area contributed by atoms with E-state index in [1.165, 1.54) is 30.5 Å². The second kappa shape index (κ2) is 7.17. The number of aromatic nitrogens is 4. The Bertz CT molecular complexity index is 1260. The fraction of sp³-hybridized carbons (Fsp3) is 0.158. The second-order valence-electron chi connectivity index (χ2n) is 6.48. The number of ether oxygens (including phenoxy) is 1. The lowest BCUT2D eigenvalue weighted by atomic mass is 9.90. The van der Waals surface area contributed by atoms with Gasteiger partial charge in [0.15, 0.2) is 0 Å². The predicted molar refractivity (Wildman–Crippen MR) is 98.2 cm³/mol. The number of aromatic carboxylic acids is 1. The van der Waals surface area contributed by atoms with Crippen molar-refractivity contribution in [2.75, 3.05) is 0 Å². The van der Waals surface area contributed by atoms with Crippen molar-refractivity contribution < 1.29 is 27.8 Å². The van der Waals surface area contributed by atoms with Crippen LogP contribution in [0.2, 0.25) is 0 Å². The molecule has 0 fully saturated rings. The molecule has 0 bridgehead atoms. The largest absolute Gasteiger partial charge is 0.572 e. The van der Waals surface area contributed by atoms with Crippen molar-refractivity contribution in [1.29, 1.82) is 0 Å². The maximum absolute atomic E-state index is 12.7. The van der Waals surface area contributed by atoms with Gasteiger partial charge < -0.3 is 9.84 Å². The van der Waals surface area contributed by atoms with E-state index < -0.39 is 23.8 Å². The van der Waals surface area contributed by atoms with Crippen LogP contribution in [0.5, 0.6) is 0 Å². The van der Waals surface area contributed by atoms with E-state index in [-0.39, 0.29) is 34.6 Å². The second-order valence-corrected chi connectivity index (χ2v) is 6.48. The Morgan fingerprint density at radius 1 is 1.33 bits per heavy atom. The molecular formula is C19H13F3N4O4. The molecule has 0 saturated heterocycles. The summed E-state index contributed by atoms with van der Waals surface area (Å²) in [5.74, 6) is -2.14. The number of H-pyrrole nitrogens is 1. The average Bonchev–Trinajstić information content (AvgIpc) is 3.18. The van der Waals surface area contributed by atoms with Gasteiger partial charge in [-0.15, -0.1) is 13.2 Å². The summed E-state index contributed by atoms with van der Waals surface area (Å²) in [5.41, 5.74) is 0.119. The number of rotatable bonds is 4. The van der Waals surface area contributed by atoms with E-state index in [1.807, 2.05) is 0 Å². The molecule has 1 aromatic carbocycles. The van der Waals surface area contributed by atoms with Gasteiger partial charge in [0.2, 0.25) is 5.95 Å². The Morgan fingerprint density at radius 2 is 2.13 bits per heavy atom. The number of aromatic amines is 1. The lowest BCUT2D eigenvalue weighted by Gasteiger charge is -2.23. The topological polar surface area (TPSA) is 110 Å². The molecule has 1 atom stereocenters. The van der Waals surface area contributed by atoms with Crippen LogP contribution >= 0.6 is 0 Å². The van der Waals surface area contributed by atoms with Crippen LogP contribution in [-0.4, -0.2) is 37.2 Å². The van der Waals surface area contributed by atoms with Crippen LogP contribution in [0, 0.1) is 0 Å². The Hall–Kier alpha value is -3.89. The maximum Gasteiger partial charge on any atom is 0.572 e. The van der Waals surface area contributed by atoms with Crippen LogP contribution in [0.15, 0.2) is 59.4 Å². The van der Waals surface area contributed by atoms with Crippen molar-refractivity contribution in [3.05, 3.63) is 76.1 Å². The molecular weight excluding hydrogens is 405 g/mol. The fourth-order valence-electron chi connectivity index (χ4n) is 3.17. The SMILES string of the molecule is O=C(O)c1cnn(-c2nc3ccc(C4CC=CC=C4OC(F)(F)F)cc3c(=O)[nH]2)c1. The number of hydrogen-bond donors (Lipinski definition) is 2. The zero-order valence-electron chi connectivity index (χ0n) is 15.1. The molecule has 2 N–H and O–H groups in total. The smallest absolute Gasteiger partial charge is 0.478 e. The highest BCUT2D eigenvalue weighted by molar-refractivity contribution is 5.87. The molecule has 1 unspecified atom stereocenters. The van der Waals surface area contributed by atoms with E-state index in [2.05, 4.69) is 19.8 Å². The van der Waals surface area contributed by atoms with Gasteiger partial charge in [-0.05, 0) is 30.2 Å². The van der Waals surface area contributed by atoms with Crippen LogP contribution in [0.1, 0.15) is 28.3 Å². The zero-order valence-corrected chi connectivity index (χ0v) is 15.1. The minimum Gasteiger partial charge on any atom is -0.478 e. The number of benzene rings is 1. The quantitative estimate of drug-likeness (QED) is 0.673. The van der Waals surface area contributed by atoms with E-state index in [0.29, 0.717) is 5.56 Å². The molecule has 3 aromatic rings. The minimum absolute atomic E-state index is 0.00865. The Kier molecular flexibility index (Phi) is 4.65. The molecule has 1 aliphatic carbocycles. The summed E-state index contributed by atoms with van der Waals surface area (Å²) in [5, 5.41) is 13.0. The van der Waals surface area contributed by atoms with E-state index in [4.69, 9.17) is 5.11 Å². The first-order valence-corrected chi connectivity index (χ1v) is 8.66. The van der Waals surface area contributed by atoms with Gasteiger partial charge in [0.25, 0.3) is 5.56 Å². The van der Waals surface area contributed by atoms with Crippen molar-refractivity contribution >= 4 is 16.9 Å². The summed E-state index contributed by atoms with van der Waals surface area (Å²) in [6.07, 6.45) is 2.20. The van der Waals surface area contributed by atoms with Crippen molar-refractivity contribution in [3.63, 3.8) is 0 Å². The van der Waals surface area contributed by atoms with Gasteiger partial charge in [-0.3, -0.25) is 9.78 Å². The third-order valence-corrected chi connectivity index (χ3v) is 4.51. The number of carboxylic acids is 1. The fourth-order valence-corrected chi connectivity index (χ4v) is 3.17. The lowest BCUT2D eigenvalue weighted by molar-refractivity contribution is -0.307. The van der Waals surface area contributed by atoms with Gasteiger partial charge in [0.05, 0.1) is 22.7 Å². The lowest BCUT2D eigenvalue weighted by Crippen LogP contribution is -2.18. The monoisotopic (exact) mass is 418 g/mol. The summed E-state index contributed by atoms with van der Waals surface area (Å²) in [4.78, 5) is 30.3. The normalized spacial score (nSPS) is 16.5. The van der Waals surface area contributed by atoms with E-state index in [9.17, 15) is 22.8 Å². The van der Waals surface area contributed by atoms with E-state index >= 15 is 0 Å². The van der Waals surface area contributed by atoms with Gasteiger partial charge in [0, 0.05) is 12.1 Å². The number of nitrogens with zero attached hydrogens (tertiary/aromatic N) is 3. The predicted octanol–water partition coefficient (Wildman–Crippen LogP) is 3.27. The molecule has 0 radical (unpaired) electrons. The molecule has 0 amide bonds. The van der Waals surface area contributed by atoms with Crippen molar-refractivity contribution in [1.82, 2.24) is 19.7 Å². The van der Waals surface area contributed by atoms with Crippen molar-refractivity contribution in [2.24, 2.45) is 0 Å². The summed E-state index contributed by atoms with van der Waals surface area (Å²) < 4.78 is 43.4. The molecule has 2 heterocycles. The third kappa shape index (κ3) is 3.81. The summed E-state index contributed by atoms with van der Waals surface area (Å²) in [7, 11) is 0. The Morgan fingerprint density at radius 3 is 2.83 bits per heavy atom. The Labute approximate surface area is 165 Å². The van der Waals surface area contributed by atoms with Crippen LogP contribution < -0.4 is 5.56 Å². The summed E-state index contributed by atoms with van der Waals surface area (Å²) >= 11 is 0. The number of carbonyl (C=O) groups is 1. The number of nitrogens with one attached hydrogen (secondary N) is 1. The highest BCUT2D eigenvalue weighted by Gasteiger charge is 2.35. The Balaban J connectivity index is 1.72. The van der Waals surface area contributed by atoms with E-state index in [0.717, 1.165) is 10.9 Å². The van der Waals surface area contributed by atoms with Gasteiger partial charge in [0.1, 0.15) is 5.76 Å². The van der Waals surface area contributed by atoms with Gasteiger partial charge in [-0.2, -0.15) is 5.10 Å². The summed E-state index contributed by atoms with van der Waals surface area (Å²) in [6, 6.07) is 4.55. The van der Waals surface area contributed by atoms with Gasteiger partial charge in [-0.1, -0.05) is 18.2 Å². The third-order valence-electron chi connectivity index (χ3n) is 4.51. The molecule has 11 heteroatoms. The number of carboxylic acid groups (broad SMARTS) is 1. The average molecular weight is 418 g/mol. The number of hydrogen-bond acceptors (Lipinski definition) is 5. The molecule has 0 saturated carbocycles. The minimum atomic E-state index is -4.82. The first-order valence-electron chi connectivity index (χ1n) is 8.66. The molecule has 0 aliphatic heterocycles. The van der Waals surface area contributed by atoms with Crippen molar-refractivity contribution in [2.45, 2.75) is 18.7 Å². The number of allylic oxidation sites excluding steroid dienone is 4. The molecule has 8 nitrogen and oxygen atoms in total. The van der Waals surface area contributed by atoms with Crippen LogP contribution in [0.3, 0.4) is 0 Å². The van der Waals surface area contributed by atoms with E-state index in [1.54, 1.807) is 12.1 Å². The van der Waals surface area contributed by atoms with Crippen LogP contribution in [-0.2, 0) is 4.74 Å². The van der Waals surface area contributed by atoms with Crippen molar-refractivity contribution in [3.8, 4) is 5.95 Å².